The predicted molar refractivity (Wildman–Crippen MR) is 111 cm³/mol. The van der Waals surface area contributed by atoms with Crippen LogP contribution in [0.4, 0.5) is 0 Å². The van der Waals surface area contributed by atoms with Crippen molar-refractivity contribution in [1.29, 1.82) is 0 Å². The molecule has 0 aliphatic carbocycles. The molecule has 144 valence electrons. The third-order valence-corrected chi connectivity index (χ3v) is 11.5. The van der Waals surface area contributed by atoms with Crippen LogP contribution in [0.1, 0.15) is 64.7 Å². The van der Waals surface area contributed by atoms with Gasteiger partial charge in [0.2, 0.25) is 0 Å². The Kier molecular flexibility index (Phi) is 9.11. The van der Waals surface area contributed by atoms with Crippen LogP contribution in [0, 0.1) is 11.5 Å². The molecule has 0 aromatic heterocycles. The van der Waals surface area contributed by atoms with Crippen LogP contribution in [0.3, 0.4) is 0 Å². The molecule has 3 nitrogen and oxygen atoms in total. The molecule has 1 aromatic rings. The lowest BCUT2D eigenvalue weighted by atomic mass is 10.2. The highest BCUT2D eigenvalue weighted by Crippen LogP contribution is 2.40. The Hall–Kier alpha value is -1.57. The van der Waals surface area contributed by atoms with Crippen LogP contribution in [-0.2, 0) is 4.74 Å². The van der Waals surface area contributed by atoms with Crippen LogP contribution < -0.4 is 0 Å². The number of esters is 1. The van der Waals surface area contributed by atoms with Crippen molar-refractivity contribution in [3.63, 3.8) is 0 Å². The Morgan fingerprint density at radius 1 is 1.04 bits per heavy atom. The molecule has 26 heavy (non-hydrogen) atoms. The van der Waals surface area contributed by atoms with Crippen molar-refractivity contribution in [1.82, 2.24) is 0 Å². The summed E-state index contributed by atoms with van der Waals surface area (Å²) in [6, 6.07) is 8.99. The van der Waals surface area contributed by atoms with Crippen LogP contribution >= 0.6 is 0 Å². The zero-order valence-corrected chi connectivity index (χ0v) is 18.1. The van der Waals surface area contributed by atoms with Gasteiger partial charge in [0.25, 0.3) is 0 Å². The molecule has 1 unspecified atom stereocenters. The second-order valence-corrected chi connectivity index (χ2v) is 13.4. The lowest BCUT2D eigenvalue weighted by Crippen LogP contribution is -2.43. The van der Waals surface area contributed by atoms with Crippen LogP contribution in [0.15, 0.2) is 30.3 Å². The van der Waals surface area contributed by atoms with Crippen molar-refractivity contribution in [3.8, 4) is 11.5 Å². The van der Waals surface area contributed by atoms with Gasteiger partial charge in [0, 0.05) is 6.61 Å². The molecule has 0 saturated heterocycles. The number of rotatable bonds is 8. The smallest absolute Gasteiger partial charge is 0.339 e. The fourth-order valence-electron chi connectivity index (χ4n) is 3.85. The average molecular weight is 375 g/mol. The second kappa shape index (κ2) is 10.5. The Bertz CT molecular complexity index is 589. The summed E-state index contributed by atoms with van der Waals surface area (Å²) in [5.74, 6) is 2.94. The standard InChI is InChI=1S/C22H34O3Si/c1-17(2)26(18(3)4,19(5)6)16-14-21(13-10-15-23)25-22(24)20-11-8-7-9-12-20/h7-9,11-12,17-19,21,23H,10,13,15H2,1-6H3. The summed E-state index contributed by atoms with van der Waals surface area (Å²) in [5, 5.41) is 9.18. The SMILES string of the molecule is CC(C)[Si](C#CC(CCCO)OC(=O)c1ccccc1)(C(C)C)C(C)C. The first-order valence-electron chi connectivity index (χ1n) is 9.65. The minimum Gasteiger partial charge on any atom is -0.446 e. The highest BCUT2D eigenvalue weighted by molar-refractivity contribution is 6.90. The summed E-state index contributed by atoms with van der Waals surface area (Å²) in [6.45, 7) is 13.7. The maximum atomic E-state index is 12.4. The molecular formula is C22H34O3Si. The maximum Gasteiger partial charge on any atom is 0.339 e. The molecule has 0 saturated carbocycles. The van der Waals surface area contributed by atoms with Gasteiger partial charge in [-0.05, 0) is 41.6 Å². The van der Waals surface area contributed by atoms with Gasteiger partial charge in [0.1, 0.15) is 8.07 Å². The fraction of sp³-hybridized carbons (Fsp3) is 0.591. The summed E-state index contributed by atoms with van der Waals surface area (Å²) in [6.07, 6.45) is 0.653. The number of aliphatic hydroxyl groups excluding tert-OH is 1. The van der Waals surface area contributed by atoms with Crippen LogP contribution in [0.2, 0.25) is 16.6 Å². The Labute approximate surface area is 160 Å². The van der Waals surface area contributed by atoms with E-state index in [1.165, 1.54) is 0 Å². The summed E-state index contributed by atoms with van der Waals surface area (Å²) in [5.41, 5.74) is 5.74. The van der Waals surface area contributed by atoms with Crippen LogP contribution in [0.25, 0.3) is 0 Å². The van der Waals surface area contributed by atoms with E-state index in [1.807, 2.05) is 18.2 Å². The number of hydrogen-bond donors (Lipinski definition) is 1. The topological polar surface area (TPSA) is 46.5 Å². The molecule has 0 spiro atoms. The molecule has 0 bridgehead atoms. The van der Waals surface area contributed by atoms with E-state index in [1.54, 1.807) is 12.1 Å². The molecule has 0 amide bonds. The average Bonchev–Trinajstić information content (AvgIpc) is 2.59. The van der Waals surface area contributed by atoms with E-state index >= 15 is 0 Å². The Morgan fingerprint density at radius 2 is 1.58 bits per heavy atom. The van der Waals surface area contributed by atoms with Crippen molar-refractivity contribution >= 4 is 14.0 Å². The van der Waals surface area contributed by atoms with E-state index in [4.69, 9.17) is 4.74 Å². The second-order valence-electron chi connectivity index (χ2n) is 7.79. The zero-order chi connectivity index (χ0) is 19.7. The van der Waals surface area contributed by atoms with Gasteiger partial charge in [-0.2, -0.15) is 0 Å². The van der Waals surface area contributed by atoms with Gasteiger partial charge in [-0.1, -0.05) is 65.7 Å². The Balaban J connectivity index is 3.10. The molecule has 1 rings (SSSR count). The van der Waals surface area contributed by atoms with Gasteiger partial charge in [-0.3, -0.25) is 0 Å². The highest BCUT2D eigenvalue weighted by Gasteiger charge is 2.41. The number of hydrogen-bond acceptors (Lipinski definition) is 3. The fourth-order valence-corrected chi connectivity index (χ4v) is 9.12. The molecular weight excluding hydrogens is 340 g/mol. The lowest BCUT2D eigenvalue weighted by Gasteiger charge is -2.38. The van der Waals surface area contributed by atoms with Gasteiger partial charge >= 0.3 is 5.97 Å². The quantitative estimate of drug-likeness (QED) is 0.386. The molecule has 0 aliphatic rings. The van der Waals surface area contributed by atoms with E-state index < -0.39 is 14.2 Å². The molecule has 1 aromatic carbocycles. The first kappa shape index (κ1) is 22.5. The Morgan fingerprint density at radius 3 is 2.04 bits per heavy atom. The van der Waals surface area contributed by atoms with Crippen LogP contribution in [0.5, 0.6) is 0 Å². The largest absolute Gasteiger partial charge is 0.446 e. The number of ether oxygens (including phenoxy) is 1. The van der Waals surface area contributed by atoms with Crippen molar-refractivity contribution < 1.29 is 14.6 Å². The van der Waals surface area contributed by atoms with E-state index in [9.17, 15) is 9.90 Å². The lowest BCUT2D eigenvalue weighted by molar-refractivity contribution is 0.0385. The number of carbonyl (C=O) groups excluding carboxylic acids is 1. The predicted octanol–water partition coefficient (Wildman–Crippen LogP) is 5.21. The minimum absolute atomic E-state index is 0.0716. The van der Waals surface area contributed by atoms with Gasteiger partial charge in [0.05, 0.1) is 5.56 Å². The van der Waals surface area contributed by atoms with Crippen LogP contribution in [-0.4, -0.2) is 31.9 Å². The normalized spacial score (nSPS) is 12.8. The molecule has 0 aliphatic heterocycles. The monoisotopic (exact) mass is 374 g/mol. The van der Waals surface area contributed by atoms with Crippen molar-refractivity contribution in [2.24, 2.45) is 0 Å². The van der Waals surface area contributed by atoms with Crippen molar-refractivity contribution in [2.45, 2.75) is 77.1 Å². The van der Waals surface area contributed by atoms with E-state index in [2.05, 4.69) is 53.0 Å². The van der Waals surface area contributed by atoms with Gasteiger partial charge in [-0.15, -0.1) is 5.54 Å². The molecule has 0 heterocycles. The molecule has 0 radical (unpaired) electrons. The first-order chi connectivity index (χ1) is 12.3. The van der Waals surface area contributed by atoms with E-state index in [-0.39, 0.29) is 12.6 Å². The summed E-state index contributed by atoms with van der Waals surface area (Å²) in [7, 11) is -1.87. The molecule has 4 heteroatoms. The summed E-state index contributed by atoms with van der Waals surface area (Å²) >= 11 is 0. The minimum atomic E-state index is -1.87. The zero-order valence-electron chi connectivity index (χ0n) is 17.1. The number of aliphatic hydroxyl groups is 1. The molecule has 1 atom stereocenters. The highest BCUT2D eigenvalue weighted by atomic mass is 28.3. The maximum absolute atomic E-state index is 12.4. The van der Waals surface area contributed by atoms with Crippen molar-refractivity contribution in [2.75, 3.05) is 6.61 Å². The summed E-state index contributed by atoms with van der Waals surface area (Å²) in [4.78, 5) is 12.4. The third-order valence-electron chi connectivity index (χ3n) is 5.20. The van der Waals surface area contributed by atoms with Crippen molar-refractivity contribution in [3.05, 3.63) is 35.9 Å². The number of benzene rings is 1. The van der Waals surface area contributed by atoms with E-state index in [0.717, 1.165) is 0 Å². The molecule has 1 N–H and O–H groups in total. The van der Waals surface area contributed by atoms with Gasteiger partial charge < -0.3 is 9.84 Å². The molecule has 0 fully saturated rings. The van der Waals surface area contributed by atoms with Gasteiger partial charge in [0.15, 0.2) is 6.10 Å². The third kappa shape index (κ3) is 5.72. The summed E-state index contributed by atoms with van der Waals surface area (Å²) < 4.78 is 5.67. The van der Waals surface area contributed by atoms with E-state index in [0.29, 0.717) is 35.0 Å². The number of carbonyl (C=O) groups is 1. The van der Waals surface area contributed by atoms with Gasteiger partial charge in [-0.25, -0.2) is 4.79 Å². The first-order valence-corrected chi connectivity index (χ1v) is 11.9.